The maximum absolute atomic E-state index is 15.1. The molecule has 20 rings (SSSR count). The fraction of sp³-hybridized carbons (Fsp3) is 1.00. The molecule has 88 heavy (non-hydrogen) atoms. The average molecular weight is 1380 g/mol. The first-order valence-corrected chi connectivity index (χ1v) is 41.7. The second-order valence-corrected chi connectivity index (χ2v) is 39.9. The molecule has 0 aromatic carbocycles. The molecular weight excluding hydrogens is 1270 g/mol. The second kappa shape index (κ2) is 31.4. The van der Waals surface area contributed by atoms with Gasteiger partial charge < -0.3 is 56.8 Å². The van der Waals surface area contributed by atoms with Crippen LogP contribution in [0.4, 0.5) is 0 Å². The van der Waals surface area contributed by atoms with E-state index in [9.17, 15) is 42.1 Å². The van der Waals surface area contributed by atoms with Gasteiger partial charge in [-0.05, 0) is 77.0 Å². The third-order valence-electron chi connectivity index (χ3n) is 21.5. The van der Waals surface area contributed by atoms with Gasteiger partial charge in [-0.25, -0.2) is 50.5 Å². The molecule has 0 spiro atoms. The predicted molar refractivity (Wildman–Crippen MR) is 330 cm³/mol. The van der Waals surface area contributed by atoms with Crippen LogP contribution in [0, 0.1) is 59.2 Å². The average Bonchev–Trinajstić information content (AvgIpc) is 1.02. The van der Waals surface area contributed by atoms with E-state index < -0.39 is 202 Å². The molecule has 0 aromatic heterocycles. The molecule has 0 amide bonds. The second-order valence-electron chi connectivity index (χ2n) is 26.8. The van der Waals surface area contributed by atoms with E-state index in [0.29, 0.717) is 0 Å². The van der Waals surface area contributed by atoms with Crippen LogP contribution in [0.15, 0.2) is 0 Å². The summed E-state index contributed by atoms with van der Waals surface area (Å²) in [5, 5.41) is -2.29. The summed E-state index contributed by atoms with van der Waals surface area (Å²) in [7, 11) is -6.26. The van der Waals surface area contributed by atoms with Gasteiger partial charge in [0, 0.05) is 144 Å². The highest BCUT2D eigenvalue weighted by molar-refractivity contribution is 7.93. The minimum atomic E-state index is -4.19. The number of methoxy groups -OCH3 is 12. The molecule has 24 atom stereocenters. The fourth-order valence-electron chi connectivity index (χ4n) is 17.1. The minimum absolute atomic E-state index is 0.0287. The van der Waals surface area contributed by atoms with E-state index in [-0.39, 0.29) is 135 Å². The van der Waals surface area contributed by atoms with Gasteiger partial charge in [0.1, 0.15) is 0 Å². The van der Waals surface area contributed by atoms with Gasteiger partial charge >= 0.3 is 0 Å². The Balaban J connectivity index is 1.17. The van der Waals surface area contributed by atoms with Crippen LogP contribution >= 0.6 is 0 Å². The summed E-state index contributed by atoms with van der Waals surface area (Å²) in [6, 6.07) is 0. The quantitative estimate of drug-likeness (QED) is 0.271. The number of hydrogen-bond acceptors (Lipinski definition) is 24. The molecule has 14 saturated heterocycles. The fourth-order valence-corrected chi connectivity index (χ4v) is 30.5. The molecule has 11 unspecified atom stereocenters. The van der Waals surface area contributed by atoms with Crippen molar-refractivity contribution in [3.8, 4) is 0 Å². The molecule has 0 radical (unpaired) electrons. The van der Waals surface area contributed by atoms with Crippen LogP contribution in [0.1, 0.15) is 77.0 Å². The number of rotatable bonds is 12. The highest BCUT2D eigenvalue weighted by Crippen LogP contribution is 2.45. The molecule has 14 heterocycles. The Morgan fingerprint density at radius 1 is 0.182 bits per heavy atom. The molecule has 6 aliphatic carbocycles. The molecule has 0 N–H and O–H groups in total. The van der Waals surface area contributed by atoms with Crippen molar-refractivity contribution in [3.63, 3.8) is 0 Å². The lowest BCUT2D eigenvalue weighted by Crippen LogP contribution is -2.56. The van der Waals surface area contributed by atoms with E-state index >= 15 is 8.42 Å². The molecule has 14 aliphatic heterocycles. The lowest BCUT2D eigenvalue weighted by Gasteiger charge is -2.45. The van der Waals surface area contributed by atoms with Gasteiger partial charge in [0.05, 0.1) is 141 Å². The normalized spacial score (nSPS) is 44.3. The van der Waals surface area contributed by atoms with Crippen molar-refractivity contribution in [2.45, 2.75) is 161 Å². The first-order valence-electron chi connectivity index (χ1n) is 31.0. The van der Waals surface area contributed by atoms with Crippen LogP contribution in [0.5, 0.6) is 0 Å². The standard InChI is InChI=1S/C58H104O24S6/c1-71-45-15-37-27-84(61,62)29-39-17-51(77-7)41(19-49(39)75-5)31-86(65,66)33-43-21-55(81-11)57(23-53(43)79-9)88(69,70)58-24-54(80-10)44(22-56(58)82-12)34-87(67,68)32-42-20-50(76-6)40(18-52(42)78-8)30-85(63,64)28-38-16-46(72-2)36(14-48(38)74-4)26-83(59,60)25-35(45)13-47(37)73-3/h35-58H,13-34H2,1-12H3/t35-,36+,37-,38+,39-,40-,41-,42-,43+,44+,45?,46?,47-,48?,49?,50?,51?,52?,53?,54?,55?,56?,57-,58-/m1/s1. The van der Waals surface area contributed by atoms with Crippen molar-refractivity contribution in [1.29, 1.82) is 0 Å². The van der Waals surface area contributed by atoms with Crippen LogP contribution in [-0.4, -0.2) is 277 Å². The Morgan fingerprint density at radius 2 is 0.295 bits per heavy atom. The van der Waals surface area contributed by atoms with Gasteiger partial charge in [-0.2, -0.15) is 0 Å². The number of ether oxygens (including phenoxy) is 12. The molecule has 6 saturated carbocycles. The molecule has 24 nitrogen and oxygen atoms in total. The van der Waals surface area contributed by atoms with Crippen molar-refractivity contribution >= 4 is 59.0 Å². The predicted octanol–water partition coefficient (Wildman–Crippen LogP) is 2.33. The van der Waals surface area contributed by atoms with Crippen LogP contribution in [0.25, 0.3) is 0 Å². The molecule has 12 bridgehead atoms. The van der Waals surface area contributed by atoms with Crippen molar-refractivity contribution in [1.82, 2.24) is 0 Å². The zero-order valence-corrected chi connectivity index (χ0v) is 58.6. The largest absolute Gasteiger partial charge is 0.381 e. The molecule has 0 aromatic rings. The molecule has 516 valence electrons. The zero-order chi connectivity index (χ0) is 64.9. The van der Waals surface area contributed by atoms with Crippen molar-refractivity contribution in [2.24, 2.45) is 59.2 Å². The van der Waals surface area contributed by atoms with Gasteiger partial charge in [0.2, 0.25) is 0 Å². The van der Waals surface area contributed by atoms with E-state index in [2.05, 4.69) is 0 Å². The first kappa shape index (κ1) is 74.6. The van der Waals surface area contributed by atoms with E-state index in [0.717, 1.165) is 0 Å². The highest BCUT2D eigenvalue weighted by Gasteiger charge is 2.54. The third kappa shape index (κ3) is 18.4. The Bertz CT molecular complexity index is 2750. The maximum atomic E-state index is 15.1. The zero-order valence-electron chi connectivity index (χ0n) is 53.7. The molecule has 20 fully saturated rings. The summed E-state index contributed by atoms with van der Waals surface area (Å²) in [5.74, 6) is -8.81. The Morgan fingerprint density at radius 3 is 0.420 bits per heavy atom. The lowest BCUT2D eigenvalue weighted by atomic mass is 9.79. The monoisotopic (exact) mass is 1380 g/mol. The Labute approximate surface area is 526 Å². The SMILES string of the molecule is COC1C[C@@H]2CS(=O)(=O)C[C@@H]3CC(OC)[C@@H](CC3OC)S(=O)(=O)[C@@H]3CC(OC)[C@@H](CC3OC)CS(=O)(=O)C[C@H]3CC(OC)[C@H](CC3OC)CS(=O)(=O)C[C@H]3CC(OC)[C@H](C[C@H]3OC)CS(=O)(=O)C[C@@H]3CC(OC)[C@@H](CC3OC)CS(=O)(=O)C[C@H]1CC2OC. The summed E-state index contributed by atoms with van der Waals surface area (Å²) in [6.45, 7) is 0. The number of hydrogen-bond donors (Lipinski definition) is 0. The van der Waals surface area contributed by atoms with E-state index in [1.807, 2.05) is 0 Å². The topological polar surface area (TPSA) is 316 Å². The van der Waals surface area contributed by atoms with Gasteiger partial charge in [-0.1, -0.05) is 0 Å². The van der Waals surface area contributed by atoms with Crippen LogP contribution in [-0.2, 0) is 116 Å². The van der Waals surface area contributed by atoms with Gasteiger partial charge in [0.15, 0.2) is 59.0 Å². The van der Waals surface area contributed by atoms with E-state index in [4.69, 9.17) is 56.8 Å². The van der Waals surface area contributed by atoms with Gasteiger partial charge in [0.25, 0.3) is 0 Å². The van der Waals surface area contributed by atoms with Crippen molar-refractivity contribution in [2.75, 3.05) is 143 Å². The van der Waals surface area contributed by atoms with Crippen molar-refractivity contribution in [3.05, 3.63) is 0 Å². The number of sulfone groups is 6. The van der Waals surface area contributed by atoms with Crippen LogP contribution < -0.4 is 0 Å². The van der Waals surface area contributed by atoms with Crippen LogP contribution in [0.2, 0.25) is 0 Å². The molecule has 30 heteroatoms. The van der Waals surface area contributed by atoms with E-state index in [1.54, 1.807) is 0 Å². The van der Waals surface area contributed by atoms with Crippen LogP contribution in [0.3, 0.4) is 0 Å². The highest BCUT2D eigenvalue weighted by atomic mass is 32.2. The molecular formula is C58H104O24S6. The van der Waals surface area contributed by atoms with Gasteiger partial charge in [-0.3, -0.25) is 0 Å². The van der Waals surface area contributed by atoms with E-state index in [1.165, 1.54) is 85.3 Å². The molecule has 20 aliphatic rings. The maximum Gasteiger partial charge on any atom is 0.161 e. The lowest BCUT2D eigenvalue weighted by molar-refractivity contribution is -0.0587. The Hall–Kier alpha value is -0.780. The summed E-state index contributed by atoms with van der Waals surface area (Å²) in [6.07, 6.45) is -7.17. The summed E-state index contributed by atoms with van der Waals surface area (Å²) < 4.78 is 245. The summed E-state index contributed by atoms with van der Waals surface area (Å²) in [5.41, 5.74) is 0. The minimum Gasteiger partial charge on any atom is -0.381 e. The smallest absolute Gasteiger partial charge is 0.161 e. The van der Waals surface area contributed by atoms with Crippen molar-refractivity contribution < 1.29 is 107 Å². The summed E-state index contributed by atoms with van der Waals surface area (Å²) in [4.78, 5) is 0. The third-order valence-corrected chi connectivity index (χ3v) is 33.6. The Kier molecular flexibility index (Phi) is 26.6. The summed E-state index contributed by atoms with van der Waals surface area (Å²) >= 11 is 0. The van der Waals surface area contributed by atoms with Gasteiger partial charge in [-0.15, -0.1) is 0 Å². The first-order chi connectivity index (χ1) is 41.4.